The summed E-state index contributed by atoms with van der Waals surface area (Å²) in [5.74, 6) is 0.782. The lowest BCUT2D eigenvalue weighted by atomic mass is 9.77. The molecule has 1 amide bonds. The number of anilines is 1. The summed E-state index contributed by atoms with van der Waals surface area (Å²) in [4.78, 5) is 28.5. The number of carbonyl (C=O) groups excluding carboxylic acids is 2. The molecule has 1 heterocycles. The van der Waals surface area contributed by atoms with Crippen LogP contribution in [-0.2, 0) is 16.2 Å². The van der Waals surface area contributed by atoms with Gasteiger partial charge in [0.2, 0.25) is 5.91 Å². The second-order valence-electron chi connectivity index (χ2n) is 9.75. The third kappa shape index (κ3) is 4.66. The van der Waals surface area contributed by atoms with Crippen LogP contribution >= 0.6 is 0 Å². The summed E-state index contributed by atoms with van der Waals surface area (Å²) in [5, 5.41) is 0. The predicted octanol–water partition coefficient (Wildman–Crippen LogP) is 6.72. The average molecular weight is 466 g/mol. The van der Waals surface area contributed by atoms with Crippen molar-refractivity contribution in [2.75, 3.05) is 4.90 Å². The van der Waals surface area contributed by atoms with Gasteiger partial charge in [0, 0.05) is 35.7 Å². The number of carbonyl (C=O) groups is 2. The quantitative estimate of drug-likeness (QED) is 0.420. The van der Waals surface area contributed by atoms with Crippen LogP contribution in [0, 0.1) is 20.8 Å². The second-order valence-corrected chi connectivity index (χ2v) is 9.75. The number of hydrogen-bond donors (Lipinski definition) is 0. The third-order valence-electron chi connectivity index (χ3n) is 7.08. The van der Waals surface area contributed by atoms with Gasteiger partial charge in [-0.1, -0.05) is 42.5 Å². The fourth-order valence-electron chi connectivity index (χ4n) is 5.39. The second kappa shape index (κ2) is 9.53. The van der Waals surface area contributed by atoms with Crippen molar-refractivity contribution >= 4 is 17.4 Å². The van der Waals surface area contributed by atoms with Crippen molar-refractivity contribution in [1.82, 2.24) is 0 Å². The van der Waals surface area contributed by atoms with Gasteiger partial charge < -0.3 is 4.74 Å². The van der Waals surface area contributed by atoms with Gasteiger partial charge in [-0.15, -0.1) is 0 Å². The summed E-state index contributed by atoms with van der Waals surface area (Å²) in [6.45, 7) is 6.66. The molecule has 1 unspecified atom stereocenters. The molecule has 4 heteroatoms. The molecule has 178 valence electrons. The molecule has 2 aliphatic rings. The van der Waals surface area contributed by atoms with E-state index in [1.807, 2.05) is 67.3 Å². The van der Waals surface area contributed by atoms with Gasteiger partial charge in [0.1, 0.15) is 12.4 Å². The molecule has 0 saturated carbocycles. The van der Waals surface area contributed by atoms with Crippen LogP contribution in [0.2, 0.25) is 0 Å². The zero-order chi connectivity index (χ0) is 24.5. The number of nitrogens with zero attached hydrogens (tertiary/aromatic N) is 1. The summed E-state index contributed by atoms with van der Waals surface area (Å²) in [5.41, 5.74) is 8.13. The van der Waals surface area contributed by atoms with E-state index in [-0.39, 0.29) is 17.6 Å². The molecule has 0 fully saturated rings. The lowest BCUT2D eigenvalue weighted by molar-refractivity contribution is -0.119. The van der Waals surface area contributed by atoms with E-state index in [0.29, 0.717) is 19.4 Å². The largest absolute Gasteiger partial charge is 0.489 e. The molecule has 3 aromatic rings. The van der Waals surface area contributed by atoms with Gasteiger partial charge in [-0.25, -0.2) is 0 Å². The molecule has 4 nitrogen and oxygen atoms in total. The molecule has 35 heavy (non-hydrogen) atoms. The number of ketones is 1. The van der Waals surface area contributed by atoms with Crippen molar-refractivity contribution in [2.24, 2.45) is 0 Å². The Kier molecular flexibility index (Phi) is 6.29. The van der Waals surface area contributed by atoms with Crippen molar-refractivity contribution in [3.8, 4) is 5.75 Å². The van der Waals surface area contributed by atoms with Gasteiger partial charge in [-0.2, -0.15) is 0 Å². The maximum absolute atomic E-state index is 13.5. The molecule has 3 aromatic carbocycles. The van der Waals surface area contributed by atoms with Crippen LogP contribution in [0.3, 0.4) is 0 Å². The van der Waals surface area contributed by atoms with Gasteiger partial charge >= 0.3 is 0 Å². The molecule has 1 aliphatic heterocycles. The molecular weight excluding hydrogens is 434 g/mol. The van der Waals surface area contributed by atoms with Crippen LogP contribution in [0.25, 0.3) is 0 Å². The lowest BCUT2D eigenvalue weighted by Gasteiger charge is -2.38. The van der Waals surface area contributed by atoms with Gasteiger partial charge in [0.15, 0.2) is 5.78 Å². The molecule has 0 aromatic heterocycles. The highest BCUT2D eigenvalue weighted by atomic mass is 16.5. The molecule has 0 bridgehead atoms. The minimum absolute atomic E-state index is 0.0494. The Labute approximate surface area is 207 Å². The third-order valence-corrected chi connectivity index (χ3v) is 7.08. The van der Waals surface area contributed by atoms with E-state index in [1.165, 1.54) is 5.56 Å². The van der Waals surface area contributed by atoms with Gasteiger partial charge in [-0.05, 0) is 85.7 Å². The molecule has 0 spiro atoms. The Balaban J connectivity index is 1.44. The monoisotopic (exact) mass is 465 g/mol. The van der Waals surface area contributed by atoms with Crippen LogP contribution < -0.4 is 9.64 Å². The molecule has 0 radical (unpaired) electrons. The molecular formula is C31H31NO3. The molecule has 5 rings (SSSR count). The first-order valence-electron chi connectivity index (χ1n) is 12.4. The maximum Gasteiger partial charge on any atom is 0.232 e. The SMILES string of the molecule is Cc1cc(C)cc(N2C(=O)CC(c3ccc(OCc4ccccc4C)cc3)C3=C2CCCC3=O)c1. The first kappa shape index (κ1) is 23.1. The predicted molar refractivity (Wildman–Crippen MR) is 139 cm³/mol. The van der Waals surface area contributed by atoms with Crippen molar-refractivity contribution in [2.45, 2.75) is 59.0 Å². The van der Waals surface area contributed by atoms with Gasteiger partial charge in [0.25, 0.3) is 0 Å². The Morgan fingerprint density at radius 2 is 1.60 bits per heavy atom. The summed E-state index contributed by atoms with van der Waals surface area (Å²) >= 11 is 0. The first-order chi connectivity index (χ1) is 16.9. The molecule has 0 saturated heterocycles. The highest BCUT2D eigenvalue weighted by Gasteiger charge is 2.39. The van der Waals surface area contributed by atoms with E-state index in [1.54, 1.807) is 0 Å². The van der Waals surface area contributed by atoms with E-state index in [2.05, 4.69) is 25.1 Å². The van der Waals surface area contributed by atoms with Crippen LogP contribution in [0.15, 0.2) is 78.0 Å². The Hall–Kier alpha value is -3.66. The van der Waals surface area contributed by atoms with Crippen LogP contribution in [-0.4, -0.2) is 11.7 Å². The van der Waals surface area contributed by atoms with Crippen molar-refractivity contribution < 1.29 is 14.3 Å². The standard InChI is InChI=1S/C31H31NO3/c1-20-15-21(2)17-25(16-20)32-28-9-6-10-29(33)31(28)27(18-30(32)34)23-11-13-26(14-12-23)35-19-24-8-5-4-7-22(24)3/h4-5,7-8,11-17,27H,6,9-10,18-19H2,1-3H3. The topological polar surface area (TPSA) is 46.6 Å². The Morgan fingerprint density at radius 3 is 2.31 bits per heavy atom. The number of aryl methyl sites for hydroxylation is 3. The first-order valence-corrected chi connectivity index (χ1v) is 12.4. The highest BCUT2D eigenvalue weighted by molar-refractivity contribution is 6.07. The number of amides is 1. The summed E-state index contributed by atoms with van der Waals surface area (Å²) in [6, 6.07) is 22.3. The van der Waals surface area contributed by atoms with Crippen molar-refractivity contribution in [3.05, 3.63) is 106 Å². The van der Waals surface area contributed by atoms with E-state index in [9.17, 15) is 9.59 Å². The normalized spacial score (nSPS) is 18.0. The molecule has 1 atom stereocenters. The van der Waals surface area contributed by atoms with Crippen molar-refractivity contribution in [3.63, 3.8) is 0 Å². The number of allylic oxidation sites excluding steroid dienone is 2. The van der Waals surface area contributed by atoms with Crippen LogP contribution in [0.1, 0.15) is 59.4 Å². The number of ether oxygens (including phenoxy) is 1. The summed E-state index contributed by atoms with van der Waals surface area (Å²) < 4.78 is 6.01. The lowest BCUT2D eigenvalue weighted by Crippen LogP contribution is -2.40. The minimum atomic E-state index is -0.210. The van der Waals surface area contributed by atoms with Gasteiger partial charge in [0.05, 0.1) is 0 Å². The Morgan fingerprint density at radius 1 is 0.886 bits per heavy atom. The van der Waals surface area contributed by atoms with Crippen LogP contribution in [0.4, 0.5) is 5.69 Å². The van der Waals surface area contributed by atoms with E-state index < -0.39 is 0 Å². The maximum atomic E-state index is 13.5. The van der Waals surface area contributed by atoms with Crippen LogP contribution in [0.5, 0.6) is 5.75 Å². The Bertz CT molecular complexity index is 1300. The fourth-order valence-corrected chi connectivity index (χ4v) is 5.39. The number of rotatable bonds is 5. The van der Waals surface area contributed by atoms with E-state index >= 15 is 0 Å². The van der Waals surface area contributed by atoms with E-state index in [4.69, 9.17) is 4.74 Å². The van der Waals surface area contributed by atoms with E-state index in [0.717, 1.165) is 57.8 Å². The minimum Gasteiger partial charge on any atom is -0.489 e. The number of benzene rings is 3. The van der Waals surface area contributed by atoms with Crippen molar-refractivity contribution in [1.29, 1.82) is 0 Å². The molecule has 1 aliphatic carbocycles. The van der Waals surface area contributed by atoms with Gasteiger partial charge in [-0.3, -0.25) is 14.5 Å². The number of Topliss-reactive ketones (excluding diaryl/α,β-unsaturated/α-hetero) is 1. The highest BCUT2D eigenvalue weighted by Crippen LogP contribution is 2.43. The summed E-state index contributed by atoms with van der Waals surface area (Å²) in [6.07, 6.45) is 2.36. The number of hydrogen-bond acceptors (Lipinski definition) is 3. The zero-order valence-electron chi connectivity index (χ0n) is 20.6. The molecule has 0 N–H and O–H groups in total. The summed E-state index contributed by atoms with van der Waals surface area (Å²) in [7, 11) is 0. The zero-order valence-corrected chi connectivity index (χ0v) is 20.6. The average Bonchev–Trinajstić information content (AvgIpc) is 2.83. The fraction of sp³-hybridized carbons (Fsp3) is 0.290. The smallest absolute Gasteiger partial charge is 0.232 e.